The van der Waals surface area contributed by atoms with Crippen LogP contribution in [0.25, 0.3) is 0 Å². The van der Waals surface area contributed by atoms with Gasteiger partial charge in [-0.25, -0.2) is 8.78 Å². The second kappa shape index (κ2) is 7.44. The Bertz CT molecular complexity index is 703. The van der Waals surface area contributed by atoms with E-state index in [9.17, 15) is 13.6 Å². The number of likely N-dealkylation sites (tertiary alicyclic amines) is 1. The van der Waals surface area contributed by atoms with Crippen LogP contribution in [-0.2, 0) is 6.54 Å². The van der Waals surface area contributed by atoms with Gasteiger partial charge in [0.2, 0.25) is 0 Å². The van der Waals surface area contributed by atoms with Crippen LogP contribution in [0.4, 0.5) is 8.78 Å². The average Bonchev–Trinajstić information content (AvgIpc) is 2.61. The lowest BCUT2D eigenvalue weighted by molar-refractivity contribution is 0.0908. The number of aromatic nitrogens is 2. The van der Waals surface area contributed by atoms with Gasteiger partial charge in [-0.05, 0) is 36.6 Å². The van der Waals surface area contributed by atoms with Crippen molar-refractivity contribution in [2.45, 2.75) is 25.4 Å². The van der Waals surface area contributed by atoms with Crippen molar-refractivity contribution in [3.05, 3.63) is 59.4 Å². The van der Waals surface area contributed by atoms with Crippen LogP contribution in [0, 0.1) is 11.6 Å². The Morgan fingerprint density at radius 2 is 1.96 bits per heavy atom. The molecule has 0 bridgehead atoms. The highest BCUT2D eigenvalue weighted by Crippen LogP contribution is 2.16. The number of hydrogen-bond acceptors (Lipinski definition) is 4. The van der Waals surface area contributed by atoms with Crippen molar-refractivity contribution in [1.82, 2.24) is 20.4 Å². The summed E-state index contributed by atoms with van der Waals surface area (Å²) in [5.41, 5.74) is 1.24. The lowest BCUT2D eigenvalue weighted by Gasteiger charge is -2.32. The van der Waals surface area contributed by atoms with E-state index in [1.807, 2.05) is 0 Å². The van der Waals surface area contributed by atoms with E-state index in [1.54, 1.807) is 12.1 Å². The predicted octanol–water partition coefficient (Wildman–Crippen LogP) is 2.15. The van der Waals surface area contributed by atoms with Gasteiger partial charge in [0.25, 0.3) is 5.91 Å². The summed E-state index contributed by atoms with van der Waals surface area (Å²) in [5, 5.41) is 10.3. The largest absolute Gasteiger partial charge is 0.349 e. The van der Waals surface area contributed by atoms with E-state index in [1.165, 1.54) is 18.5 Å². The molecule has 7 heteroatoms. The van der Waals surface area contributed by atoms with Gasteiger partial charge >= 0.3 is 0 Å². The molecule has 0 saturated carbocycles. The Morgan fingerprint density at radius 1 is 1.17 bits per heavy atom. The van der Waals surface area contributed by atoms with Gasteiger partial charge < -0.3 is 5.32 Å². The summed E-state index contributed by atoms with van der Waals surface area (Å²) in [7, 11) is 0. The monoisotopic (exact) mass is 332 g/mol. The van der Waals surface area contributed by atoms with Crippen molar-refractivity contribution in [2.75, 3.05) is 13.1 Å². The molecule has 1 aromatic heterocycles. The molecule has 0 aliphatic carbocycles. The fraction of sp³-hybridized carbons (Fsp3) is 0.353. The maximum absolute atomic E-state index is 13.2. The van der Waals surface area contributed by atoms with Gasteiger partial charge in [0.05, 0.1) is 18.0 Å². The molecule has 5 nitrogen and oxygen atoms in total. The second-order valence-corrected chi connectivity index (χ2v) is 5.90. The Labute approximate surface area is 138 Å². The summed E-state index contributed by atoms with van der Waals surface area (Å²) in [6.45, 7) is 2.16. The molecule has 1 aliphatic rings. The van der Waals surface area contributed by atoms with Crippen LogP contribution in [0.3, 0.4) is 0 Å². The van der Waals surface area contributed by atoms with Crippen molar-refractivity contribution in [2.24, 2.45) is 0 Å². The fourth-order valence-corrected chi connectivity index (χ4v) is 2.83. The van der Waals surface area contributed by atoms with Crippen LogP contribution in [0.5, 0.6) is 0 Å². The average molecular weight is 332 g/mol. The van der Waals surface area contributed by atoms with Crippen LogP contribution < -0.4 is 5.32 Å². The Balaban J connectivity index is 1.49. The second-order valence-electron chi connectivity index (χ2n) is 5.90. The first-order valence-corrected chi connectivity index (χ1v) is 7.85. The molecular weight excluding hydrogens is 314 g/mol. The Kier molecular flexibility index (Phi) is 5.10. The van der Waals surface area contributed by atoms with E-state index >= 15 is 0 Å². The number of amides is 1. The minimum atomic E-state index is -0.828. The summed E-state index contributed by atoms with van der Waals surface area (Å²) < 4.78 is 26.2. The summed E-state index contributed by atoms with van der Waals surface area (Å²) in [6.07, 6.45) is 4.55. The molecule has 1 saturated heterocycles. The minimum Gasteiger partial charge on any atom is -0.349 e. The van der Waals surface area contributed by atoms with E-state index in [0.29, 0.717) is 12.1 Å². The van der Waals surface area contributed by atoms with Gasteiger partial charge in [0.1, 0.15) is 0 Å². The summed E-state index contributed by atoms with van der Waals surface area (Å²) in [6, 6.07) is 5.72. The van der Waals surface area contributed by atoms with E-state index in [-0.39, 0.29) is 11.9 Å². The third-order valence-electron chi connectivity index (χ3n) is 4.16. The number of nitrogens with zero attached hydrogens (tertiary/aromatic N) is 3. The van der Waals surface area contributed by atoms with Gasteiger partial charge in [-0.3, -0.25) is 9.69 Å². The molecule has 1 fully saturated rings. The van der Waals surface area contributed by atoms with Crippen LogP contribution >= 0.6 is 0 Å². The number of hydrogen-bond donors (Lipinski definition) is 1. The number of piperidine rings is 1. The first kappa shape index (κ1) is 16.4. The van der Waals surface area contributed by atoms with Crippen LogP contribution in [0.15, 0.2) is 36.7 Å². The van der Waals surface area contributed by atoms with Gasteiger partial charge in [-0.1, -0.05) is 6.07 Å². The summed E-state index contributed by atoms with van der Waals surface area (Å²) in [4.78, 5) is 14.3. The van der Waals surface area contributed by atoms with Gasteiger partial charge in [-0.15, -0.1) is 0 Å². The number of nitrogens with one attached hydrogen (secondary N) is 1. The molecule has 1 N–H and O–H groups in total. The van der Waals surface area contributed by atoms with Gasteiger partial charge in [-0.2, -0.15) is 10.2 Å². The zero-order valence-electron chi connectivity index (χ0n) is 13.1. The van der Waals surface area contributed by atoms with Crippen LogP contribution in [0.1, 0.15) is 28.8 Å². The zero-order chi connectivity index (χ0) is 16.9. The number of halogens is 2. The standard InChI is InChI=1S/C17H18F2N4O/c18-15-2-1-12(9-16(15)19)11-23-7-4-14(5-8-23)22-17(24)13-3-6-20-21-10-13/h1-3,6,9-10,14H,4-5,7-8,11H2,(H,22,24). The molecule has 0 atom stereocenters. The molecular formula is C17H18F2N4O. The van der Waals surface area contributed by atoms with Crippen LogP contribution in [-0.4, -0.2) is 40.1 Å². The molecule has 2 aromatic rings. The van der Waals surface area contributed by atoms with Crippen molar-refractivity contribution in [1.29, 1.82) is 0 Å². The van der Waals surface area contributed by atoms with E-state index in [0.717, 1.165) is 37.6 Å². The zero-order valence-corrected chi connectivity index (χ0v) is 13.1. The highest BCUT2D eigenvalue weighted by Gasteiger charge is 2.21. The van der Waals surface area contributed by atoms with Crippen LogP contribution in [0.2, 0.25) is 0 Å². The highest BCUT2D eigenvalue weighted by molar-refractivity contribution is 5.93. The molecule has 2 heterocycles. The van der Waals surface area contributed by atoms with Crippen molar-refractivity contribution in [3.63, 3.8) is 0 Å². The first-order valence-electron chi connectivity index (χ1n) is 7.85. The smallest absolute Gasteiger partial charge is 0.253 e. The molecule has 3 rings (SSSR count). The Morgan fingerprint density at radius 3 is 2.62 bits per heavy atom. The van der Waals surface area contributed by atoms with Crippen molar-refractivity contribution >= 4 is 5.91 Å². The third-order valence-corrected chi connectivity index (χ3v) is 4.16. The summed E-state index contributed by atoms with van der Waals surface area (Å²) in [5.74, 6) is -1.80. The molecule has 1 aliphatic heterocycles. The van der Waals surface area contributed by atoms with E-state index < -0.39 is 11.6 Å². The molecule has 1 aromatic carbocycles. The SMILES string of the molecule is O=C(NC1CCN(Cc2ccc(F)c(F)c2)CC1)c1ccnnc1. The lowest BCUT2D eigenvalue weighted by Crippen LogP contribution is -2.44. The molecule has 126 valence electrons. The molecule has 0 unspecified atom stereocenters. The fourth-order valence-electron chi connectivity index (χ4n) is 2.83. The number of carbonyl (C=O) groups excluding carboxylic acids is 1. The predicted molar refractivity (Wildman–Crippen MR) is 84.2 cm³/mol. The number of benzene rings is 1. The molecule has 24 heavy (non-hydrogen) atoms. The lowest BCUT2D eigenvalue weighted by atomic mass is 10.0. The topological polar surface area (TPSA) is 58.1 Å². The molecule has 0 spiro atoms. The van der Waals surface area contributed by atoms with Gasteiger partial charge in [0.15, 0.2) is 11.6 Å². The number of rotatable bonds is 4. The quantitative estimate of drug-likeness (QED) is 0.932. The maximum atomic E-state index is 13.2. The Hall–Kier alpha value is -2.41. The van der Waals surface area contributed by atoms with E-state index in [2.05, 4.69) is 20.4 Å². The van der Waals surface area contributed by atoms with Crippen molar-refractivity contribution in [3.8, 4) is 0 Å². The van der Waals surface area contributed by atoms with E-state index in [4.69, 9.17) is 0 Å². The number of carbonyl (C=O) groups is 1. The molecule has 1 amide bonds. The normalized spacial score (nSPS) is 16.1. The maximum Gasteiger partial charge on any atom is 0.253 e. The summed E-state index contributed by atoms with van der Waals surface area (Å²) >= 11 is 0. The van der Waals surface area contributed by atoms with Crippen molar-refractivity contribution < 1.29 is 13.6 Å². The van der Waals surface area contributed by atoms with Gasteiger partial charge in [0, 0.05) is 25.7 Å². The first-order chi connectivity index (χ1) is 11.6. The minimum absolute atomic E-state index is 0.104. The molecule has 0 radical (unpaired) electrons. The highest BCUT2D eigenvalue weighted by atomic mass is 19.2. The third kappa shape index (κ3) is 4.11.